The predicted molar refractivity (Wildman–Crippen MR) is 71.5 cm³/mol. The number of benzene rings is 2. The molecule has 0 bridgehead atoms. The molecule has 3 N–H and O–H groups in total. The number of hydrogen-bond donors (Lipinski definition) is 3. The van der Waals surface area contributed by atoms with Gasteiger partial charge < -0.3 is 19.4 Å². The third-order valence-electron chi connectivity index (χ3n) is 1.99. The average molecular weight is 282 g/mol. The summed E-state index contributed by atoms with van der Waals surface area (Å²) in [7, 11) is -4.64. The van der Waals surface area contributed by atoms with E-state index in [-0.39, 0.29) is 0 Å². The minimum absolute atomic E-state index is 0.630. The molecule has 19 heavy (non-hydrogen) atoms. The zero-order valence-electron chi connectivity index (χ0n) is 10.1. The van der Waals surface area contributed by atoms with Crippen LogP contribution in [0.3, 0.4) is 0 Å². The van der Waals surface area contributed by atoms with Crippen LogP contribution in [0.2, 0.25) is 0 Å². The highest BCUT2D eigenvalue weighted by Crippen LogP contribution is 2.25. The van der Waals surface area contributed by atoms with Gasteiger partial charge in [-0.25, -0.2) is 4.57 Å². The van der Waals surface area contributed by atoms with Gasteiger partial charge in [-0.3, -0.25) is 0 Å². The van der Waals surface area contributed by atoms with Crippen molar-refractivity contribution in [3.8, 4) is 5.75 Å². The van der Waals surface area contributed by atoms with E-state index in [0.29, 0.717) is 6.61 Å². The van der Waals surface area contributed by atoms with Crippen LogP contribution in [0.25, 0.3) is 0 Å². The first kappa shape index (κ1) is 15.4. The number of rotatable bonds is 3. The summed E-state index contributed by atoms with van der Waals surface area (Å²) in [6, 6.07) is 20.0. The summed E-state index contributed by atoms with van der Waals surface area (Å²) in [6.45, 7) is 0.630. The molecule has 0 saturated carbocycles. The zero-order valence-corrected chi connectivity index (χ0v) is 11.0. The van der Waals surface area contributed by atoms with E-state index in [2.05, 4.69) is 12.1 Å². The summed E-state index contributed by atoms with van der Waals surface area (Å²) < 4.78 is 14.5. The van der Waals surface area contributed by atoms with Crippen molar-refractivity contribution in [3.63, 3.8) is 0 Å². The number of phosphoric acid groups is 1. The Morgan fingerprint density at radius 2 is 1.26 bits per heavy atom. The highest BCUT2D eigenvalue weighted by Gasteiger charge is 2.00. The molecule has 6 heteroatoms. The second-order valence-electron chi connectivity index (χ2n) is 3.60. The van der Waals surface area contributed by atoms with Crippen LogP contribution >= 0.6 is 7.82 Å². The van der Waals surface area contributed by atoms with Crippen LogP contribution in [-0.2, 0) is 11.2 Å². The number of ether oxygens (including phenoxy) is 1. The third kappa shape index (κ3) is 8.99. The van der Waals surface area contributed by atoms with E-state index in [1.54, 1.807) is 0 Å². The molecule has 2 aromatic carbocycles. The Morgan fingerprint density at radius 3 is 1.74 bits per heavy atom. The highest BCUT2D eigenvalue weighted by molar-refractivity contribution is 7.45. The van der Waals surface area contributed by atoms with Crippen LogP contribution in [0.4, 0.5) is 0 Å². The molecule has 0 aliphatic heterocycles. The monoisotopic (exact) mass is 282 g/mol. The van der Waals surface area contributed by atoms with Gasteiger partial charge in [0, 0.05) is 0 Å². The van der Waals surface area contributed by atoms with Gasteiger partial charge in [0.05, 0.1) is 0 Å². The lowest BCUT2D eigenvalue weighted by Crippen LogP contribution is -1.94. The maximum absolute atomic E-state index is 8.88. The van der Waals surface area contributed by atoms with E-state index in [9.17, 15) is 0 Å². The second-order valence-corrected chi connectivity index (χ2v) is 4.63. The Balaban J connectivity index is 0.000000312. The first-order chi connectivity index (χ1) is 8.95. The van der Waals surface area contributed by atoms with Crippen molar-refractivity contribution < 1.29 is 24.0 Å². The smallest absolute Gasteiger partial charge is 0.466 e. The molecule has 2 aromatic rings. The van der Waals surface area contributed by atoms with Crippen molar-refractivity contribution in [1.82, 2.24) is 0 Å². The molecule has 102 valence electrons. The molecule has 5 nitrogen and oxygen atoms in total. The van der Waals surface area contributed by atoms with Crippen molar-refractivity contribution in [2.75, 3.05) is 0 Å². The van der Waals surface area contributed by atoms with Crippen molar-refractivity contribution >= 4 is 7.82 Å². The first-order valence-electron chi connectivity index (χ1n) is 5.45. The summed E-state index contributed by atoms with van der Waals surface area (Å²) in [5.74, 6) is 0.913. The maximum atomic E-state index is 8.88. The summed E-state index contributed by atoms with van der Waals surface area (Å²) >= 11 is 0. The standard InChI is InChI=1S/C13H12O.H3O4P/c1-3-7-12(8-4-1)11-14-13-9-5-2-6-10-13;1-5(2,3)4/h1-10H,11H2;(H3,1,2,3,4). The molecule has 0 heterocycles. The van der Waals surface area contributed by atoms with Crippen LogP contribution in [-0.4, -0.2) is 14.7 Å². The van der Waals surface area contributed by atoms with Gasteiger partial charge in [0.25, 0.3) is 0 Å². The molecule has 0 spiro atoms. The molecular formula is C13H15O5P. The topological polar surface area (TPSA) is 87.0 Å². The van der Waals surface area contributed by atoms with E-state index < -0.39 is 7.82 Å². The van der Waals surface area contributed by atoms with Crippen LogP contribution in [0.5, 0.6) is 5.75 Å². The van der Waals surface area contributed by atoms with Gasteiger partial charge in [-0.2, -0.15) is 0 Å². The van der Waals surface area contributed by atoms with Gasteiger partial charge in [0.15, 0.2) is 0 Å². The maximum Gasteiger partial charge on any atom is 0.466 e. The van der Waals surface area contributed by atoms with Crippen molar-refractivity contribution in [3.05, 3.63) is 66.2 Å². The SMILES string of the molecule is O=P(O)(O)O.c1ccc(COc2ccccc2)cc1. The van der Waals surface area contributed by atoms with E-state index in [0.717, 1.165) is 5.75 Å². The molecule has 0 aromatic heterocycles. The second kappa shape index (κ2) is 7.71. The zero-order chi connectivity index (χ0) is 14.1. The van der Waals surface area contributed by atoms with Gasteiger partial charge in [-0.05, 0) is 17.7 Å². The highest BCUT2D eigenvalue weighted by atomic mass is 31.2. The summed E-state index contributed by atoms with van der Waals surface area (Å²) in [5, 5.41) is 0. The third-order valence-corrected chi connectivity index (χ3v) is 1.99. The Morgan fingerprint density at radius 1 is 0.842 bits per heavy atom. The molecule has 2 rings (SSSR count). The van der Waals surface area contributed by atoms with Gasteiger partial charge in [0.2, 0.25) is 0 Å². The Hall–Kier alpha value is -1.65. The van der Waals surface area contributed by atoms with Crippen LogP contribution < -0.4 is 4.74 Å². The van der Waals surface area contributed by atoms with Gasteiger partial charge in [0.1, 0.15) is 12.4 Å². The minimum Gasteiger partial charge on any atom is -0.489 e. The Labute approximate surface area is 111 Å². The molecule has 0 fully saturated rings. The summed E-state index contributed by atoms with van der Waals surface area (Å²) in [6.07, 6.45) is 0. The lowest BCUT2D eigenvalue weighted by atomic mass is 10.2. The van der Waals surface area contributed by atoms with E-state index in [4.69, 9.17) is 24.0 Å². The molecule has 0 saturated heterocycles. The first-order valence-corrected chi connectivity index (χ1v) is 7.02. The van der Waals surface area contributed by atoms with Crippen LogP contribution in [0.1, 0.15) is 5.56 Å². The minimum atomic E-state index is -4.64. The molecule has 0 atom stereocenters. The molecule has 0 aliphatic carbocycles. The Kier molecular flexibility index (Phi) is 6.25. The fourth-order valence-corrected chi connectivity index (χ4v) is 1.26. The van der Waals surface area contributed by atoms with Gasteiger partial charge in [-0.1, -0.05) is 48.5 Å². The lowest BCUT2D eigenvalue weighted by Gasteiger charge is -2.05. The molecule has 0 radical (unpaired) electrons. The quantitative estimate of drug-likeness (QED) is 0.752. The van der Waals surface area contributed by atoms with E-state index in [1.165, 1.54) is 5.56 Å². The fourth-order valence-electron chi connectivity index (χ4n) is 1.26. The molecular weight excluding hydrogens is 267 g/mol. The van der Waals surface area contributed by atoms with Crippen molar-refractivity contribution in [1.29, 1.82) is 0 Å². The van der Waals surface area contributed by atoms with E-state index in [1.807, 2.05) is 48.5 Å². The largest absolute Gasteiger partial charge is 0.489 e. The van der Waals surface area contributed by atoms with Crippen LogP contribution in [0, 0.1) is 0 Å². The molecule has 0 unspecified atom stereocenters. The Bertz CT molecular complexity index is 461. The molecule has 0 aliphatic rings. The number of para-hydroxylation sites is 1. The predicted octanol–water partition coefficient (Wildman–Crippen LogP) is 2.34. The average Bonchev–Trinajstić information content (AvgIpc) is 2.37. The van der Waals surface area contributed by atoms with E-state index >= 15 is 0 Å². The summed E-state index contributed by atoms with van der Waals surface area (Å²) in [5.41, 5.74) is 1.19. The number of hydrogen-bond acceptors (Lipinski definition) is 2. The van der Waals surface area contributed by atoms with Gasteiger partial charge >= 0.3 is 7.82 Å². The van der Waals surface area contributed by atoms with Crippen LogP contribution in [0.15, 0.2) is 60.7 Å². The van der Waals surface area contributed by atoms with Crippen molar-refractivity contribution in [2.24, 2.45) is 0 Å². The lowest BCUT2D eigenvalue weighted by molar-refractivity contribution is 0.275. The summed E-state index contributed by atoms with van der Waals surface area (Å²) in [4.78, 5) is 21.6. The molecule has 0 amide bonds. The van der Waals surface area contributed by atoms with Crippen molar-refractivity contribution in [2.45, 2.75) is 6.61 Å². The van der Waals surface area contributed by atoms with Gasteiger partial charge in [-0.15, -0.1) is 0 Å². The fraction of sp³-hybridized carbons (Fsp3) is 0.0769. The normalized spacial score (nSPS) is 10.3.